The SMILES string of the molecule is CCN(Cc1ccccc1)c1ccc(C(=O)NCCc2cccc(OC)c2)nc1. The number of carbonyl (C=O) groups excluding carboxylic acids is 1. The summed E-state index contributed by atoms with van der Waals surface area (Å²) in [6, 6.07) is 21.9. The van der Waals surface area contributed by atoms with Crippen molar-refractivity contribution >= 4 is 11.6 Å². The molecule has 0 unspecified atom stereocenters. The third kappa shape index (κ3) is 5.82. The van der Waals surface area contributed by atoms with Gasteiger partial charge in [-0.1, -0.05) is 42.5 Å². The molecule has 1 heterocycles. The summed E-state index contributed by atoms with van der Waals surface area (Å²) in [7, 11) is 1.65. The molecule has 0 atom stereocenters. The molecule has 5 heteroatoms. The molecular weight excluding hydrogens is 362 g/mol. The number of anilines is 1. The normalized spacial score (nSPS) is 10.4. The predicted molar refractivity (Wildman–Crippen MR) is 116 cm³/mol. The van der Waals surface area contributed by atoms with Crippen LogP contribution in [0.2, 0.25) is 0 Å². The second-order valence-corrected chi connectivity index (χ2v) is 6.76. The van der Waals surface area contributed by atoms with E-state index in [1.165, 1.54) is 5.56 Å². The van der Waals surface area contributed by atoms with E-state index in [9.17, 15) is 4.79 Å². The van der Waals surface area contributed by atoms with Crippen LogP contribution in [0.5, 0.6) is 5.75 Å². The summed E-state index contributed by atoms with van der Waals surface area (Å²) in [4.78, 5) is 19.0. The summed E-state index contributed by atoms with van der Waals surface area (Å²) in [5.74, 6) is 0.660. The van der Waals surface area contributed by atoms with Crippen molar-refractivity contribution in [1.82, 2.24) is 10.3 Å². The first-order valence-corrected chi connectivity index (χ1v) is 9.85. The number of rotatable bonds is 9. The third-order valence-corrected chi connectivity index (χ3v) is 4.78. The van der Waals surface area contributed by atoms with Gasteiger partial charge in [0.05, 0.1) is 19.0 Å². The van der Waals surface area contributed by atoms with Crippen molar-refractivity contribution in [3.63, 3.8) is 0 Å². The second kappa shape index (κ2) is 10.3. The van der Waals surface area contributed by atoms with Crippen LogP contribution in [0.1, 0.15) is 28.5 Å². The van der Waals surface area contributed by atoms with Gasteiger partial charge >= 0.3 is 0 Å². The second-order valence-electron chi connectivity index (χ2n) is 6.76. The van der Waals surface area contributed by atoms with Crippen LogP contribution in [0.3, 0.4) is 0 Å². The molecule has 0 radical (unpaired) electrons. The molecule has 0 spiro atoms. The summed E-state index contributed by atoms with van der Waals surface area (Å²) in [5.41, 5.74) is 3.79. The standard InChI is InChI=1S/C24H27N3O2/c1-3-27(18-20-8-5-4-6-9-20)21-12-13-23(26-17-21)24(28)25-15-14-19-10-7-11-22(16-19)29-2/h4-13,16-17H,3,14-15,18H2,1-2H3,(H,25,28). The first kappa shape index (κ1) is 20.4. The lowest BCUT2D eigenvalue weighted by Crippen LogP contribution is -2.27. The van der Waals surface area contributed by atoms with E-state index in [1.54, 1.807) is 19.4 Å². The number of nitrogens with zero attached hydrogens (tertiary/aromatic N) is 2. The van der Waals surface area contributed by atoms with Crippen LogP contribution in [0, 0.1) is 0 Å². The fourth-order valence-corrected chi connectivity index (χ4v) is 3.14. The summed E-state index contributed by atoms with van der Waals surface area (Å²) >= 11 is 0. The van der Waals surface area contributed by atoms with Gasteiger partial charge in [0.1, 0.15) is 11.4 Å². The van der Waals surface area contributed by atoms with Gasteiger partial charge in [0, 0.05) is 19.6 Å². The molecule has 0 aliphatic rings. The minimum absolute atomic E-state index is 0.162. The molecule has 3 aromatic rings. The molecule has 0 bridgehead atoms. The molecule has 0 aliphatic heterocycles. The number of pyridine rings is 1. The maximum Gasteiger partial charge on any atom is 0.269 e. The summed E-state index contributed by atoms with van der Waals surface area (Å²) < 4.78 is 5.23. The number of benzene rings is 2. The van der Waals surface area contributed by atoms with Crippen LogP contribution in [0.15, 0.2) is 72.9 Å². The minimum Gasteiger partial charge on any atom is -0.497 e. The number of aromatic nitrogens is 1. The average Bonchev–Trinajstić information content (AvgIpc) is 2.78. The van der Waals surface area contributed by atoms with Crippen molar-refractivity contribution in [3.8, 4) is 5.75 Å². The zero-order valence-corrected chi connectivity index (χ0v) is 17.0. The van der Waals surface area contributed by atoms with Gasteiger partial charge in [-0.15, -0.1) is 0 Å². The Morgan fingerprint density at radius 2 is 1.83 bits per heavy atom. The number of amides is 1. The number of nitrogens with one attached hydrogen (secondary N) is 1. The van der Waals surface area contributed by atoms with Crippen molar-refractivity contribution in [1.29, 1.82) is 0 Å². The van der Waals surface area contributed by atoms with Gasteiger partial charge in [0.25, 0.3) is 5.91 Å². The fraction of sp³-hybridized carbons (Fsp3) is 0.250. The minimum atomic E-state index is -0.162. The topological polar surface area (TPSA) is 54.5 Å². The molecule has 5 nitrogen and oxygen atoms in total. The Balaban J connectivity index is 1.55. The van der Waals surface area contributed by atoms with Gasteiger partial charge in [-0.25, -0.2) is 4.98 Å². The zero-order valence-electron chi connectivity index (χ0n) is 17.0. The smallest absolute Gasteiger partial charge is 0.269 e. The van der Waals surface area contributed by atoms with E-state index in [-0.39, 0.29) is 5.91 Å². The van der Waals surface area contributed by atoms with E-state index in [4.69, 9.17) is 4.74 Å². The first-order chi connectivity index (χ1) is 14.2. The molecule has 3 rings (SSSR count). The average molecular weight is 389 g/mol. The van der Waals surface area contributed by atoms with Crippen LogP contribution in [-0.2, 0) is 13.0 Å². The predicted octanol–water partition coefficient (Wildman–Crippen LogP) is 4.09. The number of hydrogen-bond acceptors (Lipinski definition) is 4. The Bertz CT molecular complexity index is 911. The molecule has 0 saturated heterocycles. The number of carbonyl (C=O) groups is 1. The quantitative estimate of drug-likeness (QED) is 0.599. The summed E-state index contributed by atoms with van der Waals surface area (Å²) in [6.07, 6.45) is 2.51. The van der Waals surface area contributed by atoms with Crippen LogP contribution in [0.4, 0.5) is 5.69 Å². The lowest BCUT2D eigenvalue weighted by atomic mass is 10.1. The highest BCUT2D eigenvalue weighted by Crippen LogP contribution is 2.16. The monoisotopic (exact) mass is 389 g/mol. The van der Waals surface area contributed by atoms with Crippen molar-refractivity contribution in [2.24, 2.45) is 0 Å². The van der Waals surface area contributed by atoms with E-state index in [0.717, 1.165) is 36.5 Å². The Labute approximate surface area is 172 Å². The van der Waals surface area contributed by atoms with E-state index in [0.29, 0.717) is 12.2 Å². The maximum absolute atomic E-state index is 12.4. The van der Waals surface area contributed by atoms with Crippen molar-refractivity contribution in [2.45, 2.75) is 19.9 Å². The fourth-order valence-electron chi connectivity index (χ4n) is 3.14. The van der Waals surface area contributed by atoms with Gasteiger partial charge in [-0.3, -0.25) is 4.79 Å². The Kier molecular flexibility index (Phi) is 7.22. The Hall–Kier alpha value is -3.34. The molecule has 2 aromatic carbocycles. The molecule has 150 valence electrons. The highest BCUT2D eigenvalue weighted by molar-refractivity contribution is 5.92. The molecule has 0 aliphatic carbocycles. The summed E-state index contributed by atoms with van der Waals surface area (Å²) in [5, 5.41) is 2.93. The van der Waals surface area contributed by atoms with E-state index >= 15 is 0 Å². The van der Waals surface area contributed by atoms with Gasteiger partial charge in [0.2, 0.25) is 0 Å². The molecule has 0 fully saturated rings. The molecule has 0 saturated carbocycles. The molecule has 29 heavy (non-hydrogen) atoms. The number of hydrogen-bond donors (Lipinski definition) is 1. The lowest BCUT2D eigenvalue weighted by molar-refractivity contribution is 0.0949. The highest BCUT2D eigenvalue weighted by Gasteiger charge is 2.10. The zero-order chi connectivity index (χ0) is 20.5. The van der Waals surface area contributed by atoms with E-state index < -0.39 is 0 Å². The third-order valence-electron chi connectivity index (χ3n) is 4.78. The van der Waals surface area contributed by atoms with Crippen molar-refractivity contribution in [2.75, 3.05) is 25.1 Å². The van der Waals surface area contributed by atoms with Crippen LogP contribution in [-0.4, -0.2) is 31.1 Å². The van der Waals surface area contributed by atoms with Gasteiger partial charge in [-0.05, 0) is 48.7 Å². The lowest BCUT2D eigenvalue weighted by Gasteiger charge is -2.23. The van der Waals surface area contributed by atoms with E-state index in [1.807, 2.05) is 48.5 Å². The molecule has 1 N–H and O–H groups in total. The first-order valence-electron chi connectivity index (χ1n) is 9.85. The Morgan fingerprint density at radius 3 is 2.52 bits per heavy atom. The largest absolute Gasteiger partial charge is 0.497 e. The number of methoxy groups -OCH3 is 1. The van der Waals surface area contributed by atoms with Crippen LogP contribution in [0.25, 0.3) is 0 Å². The highest BCUT2D eigenvalue weighted by atomic mass is 16.5. The molecular formula is C24H27N3O2. The number of ether oxygens (including phenoxy) is 1. The van der Waals surface area contributed by atoms with Gasteiger partial charge < -0.3 is 15.0 Å². The van der Waals surface area contributed by atoms with Crippen LogP contribution < -0.4 is 15.0 Å². The van der Waals surface area contributed by atoms with Crippen LogP contribution >= 0.6 is 0 Å². The maximum atomic E-state index is 12.4. The van der Waals surface area contributed by atoms with Crippen molar-refractivity contribution in [3.05, 3.63) is 89.7 Å². The van der Waals surface area contributed by atoms with E-state index in [2.05, 4.69) is 34.3 Å². The van der Waals surface area contributed by atoms with Gasteiger partial charge in [0.15, 0.2) is 0 Å². The Morgan fingerprint density at radius 1 is 1.03 bits per heavy atom. The molecule has 1 amide bonds. The van der Waals surface area contributed by atoms with Gasteiger partial charge in [-0.2, -0.15) is 0 Å². The molecule has 1 aromatic heterocycles. The summed E-state index contributed by atoms with van der Waals surface area (Å²) in [6.45, 7) is 4.33. The van der Waals surface area contributed by atoms with Crippen molar-refractivity contribution < 1.29 is 9.53 Å².